The van der Waals surface area contributed by atoms with Gasteiger partial charge in [0.15, 0.2) is 0 Å². The van der Waals surface area contributed by atoms with Gasteiger partial charge in [-0.05, 0) is 24.6 Å². The summed E-state index contributed by atoms with van der Waals surface area (Å²) in [6.45, 7) is 2.08. The zero-order valence-corrected chi connectivity index (χ0v) is 12.4. The second kappa shape index (κ2) is 8.19. The third-order valence-electron chi connectivity index (χ3n) is 2.95. The predicted molar refractivity (Wildman–Crippen MR) is 80.5 cm³/mol. The molecule has 0 saturated heterocycles. The monoisotopic (exact) mass is 277 g/mol. The number of carbonyl (C=O) groups is 2. The molecule has 5 nitrogen and oxygen atoms in total. The van der Waals surface area contributed by atoms with Crippen molar-refractivity contribution in [2.45, 2.75) is 32.6 Å². The molecule has 5 heteroatoms. The minimum absolute atomic E-state index is 0.157. The Kier molecular flexibility index (Phi) is 6.56. The molecule has 110 valence electrons. The molecule has 0 aliphatic rings. The summed E-state index contributed by atoms with van der Waals surface area (Å²) in [7, 11) is 3.82. The number of benzene rings is 1. The summed E-state index contributed by atoms with van der Waals surface area (Å²) in [4.78, 5) is 25.3. The molecule has 1 aromatic carbocycles. The summed E-state index contributed by atoms with van der Waals surface area (Å²) in [5, 5.41) is 0. The van der Waals surface area contributed by atoms with Crippen LogP contribution in [0, 0.1) is 0 Å². The lowest BCUT2D eigenvalue weighted by Crippen LogP contribution is -2.41. The number of hydrazine groups is 1. The van der Waals surface area contributed by atoms with Crippen LogP contribution in [0.1, 0.15) is 43.0 Å². The van der Waals surface area contributed by atoms with Crippen molar-refractivity contribution >= 4 is 17.5 Å². The molecule has 0 fully saturated rings. The third-order valence-corrected chi connectivity index (χ3v) is 2.95. The summed E-state index contributed by atoms with van der Waals surface area (Å²) in [6.07, 6.45) is 3.36. The average Bonchev–Trinajstić information content (AvgIpc) is 2.45. The van der Waals surface area contributed by atoms with Gasteiger partial charge < -0.3 is 4.90 Å². The molecule has 2 amide bonds. The molecule has 1 rings (SSSR count). The summed E-state index contributed by atoms with van der Waals surface area (Å²) in [6, 6.07) is 7.22. The van der Waals surface area contributed by atoms with E-state index in [-0.39, 0.29) is 11.8 Å². The number of hydrogen-bond acceptors (Lipinski definition) is 3. The van der Waals surface area contributed by atoms with Crippen LogP contribution >= 0.6 is 0 Å². The number of nitrogens with zero attached hydrogens (tertiary/aromatic N) is 1. The Morgan fingerprint density at radius 1 is 1.15 bits per heavy atom. The topological polar surface area (TPSA) is 61.4 Å². The standard InChI is InChI=1S/C15H23N3O2/c1-4-5-6-10-14(19)16-17-15(20)12-8-7-9-13(11-12)18(2)3/h7-9,11H,4-6,10H2,1-3H3,(H,16,19)(H,17,20). The van der Waals surface area contributed by atoms with E-state index in [4.69, 9.17) is 0 Å². The van der Waals surface area contributed by atoms with Gasteiger partial charge in [-0.1, -0.05) is 25.8 Å². The van der Waals surface area contributed by atoms with Crippen molar-refractivity contribution in [1.29, 1.82) is 0 Å². The lowest BCUT2D eigenvalue weighted by Gasteiger charge is -2.13. The Bertz CT molecular complexity index is 458. The molecule has 2 N–H and O–H groups in total. The van der Waals surface area contributed by atoms with E-state index in [2.05, 4.69) is 17.8 Å². The molecule has 0 spiro atoms. The van der Waals surface area contributed by atoms with E-state index in [1.54, 1.807) is 12.1 Å². The van der Waals surface area contributed by atoms with Crippen molar-refractivity contribution in [2.75, 3.05) is 19.0 Å². The van der Waals surface area contributed by atoms with E-state index in [0.29, 0.717) is 12.0 Å². The SMILES string of the molecule is CCCCCC(=O)NNC(=O)c1cccc(N(C)C)c1. The van der Waals surface area contributed by atoms with Crippen molar-refractivity contribution in [1.82, 2.24) is 10.9 Å². The van der Waals surface area contributed by atoms with E-state index in [9.17, 15) is 9.59 Å². The molecular weight excluding hydrogens is 254 g/mol. The molecule has 0 bridgehead atoms. The summed E-state index contributed by atoms with van der Waals surface area (Å²) < 4.78 is 0. The number of hydrogen-bond donors (Lipinski definition) is 2. The Hall–Kier alpha value is -2.04. The highest BCUT2D eigenvalue weighted by Gasteiger charge is 2.08. The molecule has 0 saturated carbocycles. The summed E-state index contributed by atoms with van der Waals surface area (Å²) in [5.74, 6) is -0.465. The lowest BCUT2D eigenvalue weighted by atomic mass is 10.2. The van der Waals surface area contributed by atoms with Crippen LogP contribution in [0.5, 0.6) is 0 Å². The maximum absolute atomic E-state index is 11.9. The van der Waals surface area contributed by atoms with Gasteiger partial charge in [0, 0.05) is 31.8 Å². The smallest absolute Gasteiger partial charge is 0.269 e. The molecule has 0 heterocycles. The largest absolute Gasteiger partial charge is 0.378 e. The van der Waals surface area contributed by atoms with Gasteiger partial charge in [0.05, 0.1) is 0 Å². The van der Waals surface area contributed by atoms with E-state index in [0.717, 1.165) is 24.9 Å². The average molecular weight is 277 g/mol. The Labute approximate surface area is 120 Å². The Balaban J connectivity index is 2.46. The van der Waals surface area contributed by atoms with Crippen molar-refractivity contribution in [2.24, 2.45) is 0 Å². The third kappa shape index (κ3) is 5.30. The highest BCUT2D eigenvalue weighted by molar-refractivity contribution is 5.96. The van der Waals surface area contributed by atoms with Gasteiger partial charge >= 0.3 is 0 Å². The fourth-order valence-electron chi connectivity index (χ4n) is 1.72. The first kappa shape index (κ1) is 16.0. The van der Waals surface area contributed by atoms with Crippen LogP contribution in [0.2, 0.25) is 0 Å². The number of anilines is 1. The quantitative estimate of drug-likeness (QED) is 0.618. The molecule has 0 aliphatic carbocycles. The van der Waals surface area contributed by atoms with Gasteiger partial charge in [-0.25, -0.2) is 0 Å². The van der Waals surface area contributed by atoms with Crippen LogP contribution in [0.25, 0.3) is 0 Å². The van der Waals surface area contributed by atoms with Gasteiger partial charge in [0.2, 0.25) is 5.91 Å². The molecule has 20 heavy (non-hydrogen) atoms. The van der Waals surface area contributed by atoms with Crippen molar-refractivity contribution in [3.8, 4) is 0 Å². The number of unbranched alkanes of at least 4 members (excludes halogenated alkanes) is 2. The van der Waals surface area contributed by atoms with E-state index in [1.807, 2.05) is 31.1 Å². The Morgan fingerprint density at radius 3 is 2.55 bits per heavy atom. The van der Waals surface area contributed by atoms with Gasteiger partial charge in [-0.15, -0.1) is 0 Å². The normalized spacial score (nSPS) is 9.95. The molecule has 0 aliphatic heterocycles. The highest BCUT2D eigenvalue weighted by Crippen LogP contribution is 2.12. The van der Waals surface area contributed by atoms with Crippen LogP contribution in [0.3, 0.4) is 0 Å². The van der Waals surface area contributed by atoms with E-state index >= 15 is 0 Å². The lowest BCUT2D eigenvalue weighted by molar-refractivity contribution is -0.121. The maximum atomic E-state index is 11.9. The van der Waals surface area contributed by atoms with E-state index in [1.165, 1.54) is 0 Å². The van der Waals surface area contributed by atoms with Crippen molar-refractivity contribution < 1.29 is 9.59 Å². The number of carbonyl (C=O) groups excluding carboxylic acids is 2. The van der Waals surface area contributed by atoms with E-state index < -0.39 is 0 Å². The first-order valence-corrected chi connectivity index (χ1v) is 6.91. The summed E-state index contributed by atoms with van der Waals surface area (Å²) >= 11 is 0. The second-order valence-corrected chi connectivity index (χ2v) is 4.90. The van der Waals surface area contributed by atoms with Crippen molar-refractivity contribution in [3.05, 3.63) is 29.8 Å². The van der Waals surface area contributed by atoms with Crippen LogP contribution < -0.4 is 15.8 Å². The highest BCUT2D eigenvalue weighted by atomic mass is 16.2. The molecular formula is C15H23N3O2. The molecule has 0 unspecified atom stereocenters. The number of amides is 2. The maximum Gasteiger partial charge on any atom is 0.269 e. The van der Waals surface area contributed by atoms with Gasteiger partial charge in [-0.2, -0.15) is 0 Å². The van der Waals surface area contributed by atoms with Crippen LogP contribution in [-0.2, 0) is 4.79 Å². The number of rotatable bonds is 6. The van der Waals surface area contributed by atoms with Gasteiger partial charge in [0.25, 0.3) is 5.91 Å². The zero-order chi connectivity index (χ0) is 15.0. The first-order valence-electron chi connectivity index (χ1n) is 6.91. The fraction of sp³-hybridized carbons (Fsp3) is 0.467. The minimum atomic E-state index is -0.308. The van der Waals surface area contributed by atoms with Crippen molar-refractivity contribution in [3.63, 3.8) is 0 Å². The first-order chi connectivity index (χ1) is 9.54. The van der Waals surface area contributed by atoms with Gasteiger partial charge in [0.1, 0.15) is 0 Å². The van der Waals surface area contributed by atoms with Crippen LogP contribution in [-0.4, -0.2) is 25.9 Å². The minimum Gasteiger partial charge on any atom is -0.378 e. The van der Waals surface area contributed by atoms with Crippen LogP contribution in [0.15, 0.2) is 24.3 Å². The summed E-state index contributed by atoms with van der Waals surface area (Å²) in [5.41, 5.74) is 6.33. The molecule has 0 radical (unpaired) electrons. The van der Waals surface area contributed by atoms with Crippen LogP contribution in [0.4, 0.5) is 5.69 Å². The van der Waals surface area contributed by atoms with Gasteiger partial charge in [-0.3, -0.25) is 20.4 Å². The Morgan fingerprint density at radius 2 is 1.90 bits per heavy atom. The zero-order valence-electron chi connectivity index (χ0n) is 12.4. The molecule has 0 aromatic heterocycles. The fourth-order valence-corrected chi connectivity index (χ4v) is 1.72. The number of nitrogens with one attached hydrogen (secondary N) is 2. The predicted octanol–water partition coefficient (Wildman–Crippen LogP) is 2.09. The second-order valence-electron chi connectivity index (χ2n) is 4.90. The molecule has 0 atom stereocenters. The molecule has 1 aromatic rings.